The summed E-state index contributed by atoms with van der Waals surface area (Å²) in [4.78, 5) is 10.4. The monoisotopic (exact) mass is 364 g/mol. The molecule has 6 heteroatoms. The first-order chi connectivity index (χ1) is 13.2. The number of rotatable bonds is 5. The molecule has 138 valence electrons. The van der Waals surface area contributed by atoms with Gasteiger partial charge < -0.3 is 10.6 Å². The average molecular weight is 364 g/mol. The number of anilines is 1. The third-order valence-corrected chi connectivity index (χ3v) is 4.40. The number of nitrogens with one attached hydrogen (secondary N) is 2. The first kappa shape index (κ1) is 17.3. The maximum Gasteiger partial charge on any atom is 0.155 e. The fraction of sp³-hybridized carbons (Fsp3) is 0.190. The summed E-state index contributed by atoms with van der Waals surface area (Å²) in [5.41, 5.74) is 2.71. The van der Waals surface area contributed by atoms with Crippen molar-refractivity contribution in [1.29, 1.82) is 0 Å². The minimum atomic E-state index is -0.277. The van der Waals surface area contributed by atoms with E-state index >= 15 is 0 Å². The lowest BCUT2D eigenvalue weighted by atomic mass is 10.1. The van der Waals surface area contributed by atoms with Crippen molar-refractivity contribution in [2.75, 3.05) is 5.32 Å². The number of hydrogen-bond donors (Lipinski definition) is 2. The Morgan fingerprint density at radius 1 is 1.19 bits per heavy atom. The molecular weight excluding hydrogens is 343 g/mol. The lowest BCUT2D eigenvalue weighted by Crippen LogP contribution is -2.46. The minimum absolute atomic E-state index is 0.220. The highest BCUT2D eigenvalue weighted by Crippen LogP contribution is 2.25. The third kappa shape index (κ3) is 4.01. The second kappa shape index (κ2) is 7.63. The van der Waals surface area contributed by atoms with Crippen molar-refractivity contribution in [3.63, 3.8) is 0 Å². The van der Waals surface area contributed by atoms with Crippen LogP contribution < -0.4 is 10.6 Å². The Kier molecular flexibility index (Phi) is 4.89. The molecule has 2 atom stereocenters. The molecule has 0 fully saturated rings. The van der Waals surface area contributed by atoms with Crippen LogP contribution in [0.2, 0.25) is 0 Å². The van der Waals surface area contributed by atoms with E-state index in [0.717, 1.165) is 22.6 Å². The predicted molar refractivity (Wildman–Crippen MR) is 104 cm³/mol. The van der Waals surface area contributed by atoms with Crippen molar-refractivity contribution in [3.8, 4) is 0 Å². The zero-order valence-electron chi connectivity index (χ0n) is 15.0. The van der Waals surface area contributed by atoms with Crippen LogP contribution in [0.1, 0.15) is 12.5 Å². The normalized spacial score (nSPS) is 21.0. The number of para-hydroxylation sites is 1. The van der Waals surface area contributed by atoms with Crippen LogP contribution >= 0.6 is 0 Å². The quantitative estimate of drug-likeness (QED) is 0.847. The predicted octanol–water partition coefficient (Wildman–Crippen LogP) is 3.80. The molecule has 0 saturated heterocycles. The van der Waals surface area contributed by atoms with E-state index in [-0.39, 0.29) is 24.6 Å². The number of hydroxylamine groups is 2. The van der Waals surface area contributed by atoms with Gasteiger partial charge in [0.05, 0.1) is 0 Å². The Hall–Kier alpha value is -3.12. The molecule has 27 heavy (non-hydrogen) atoms. The standard InChI is InChI=1S/C21H21FN4O/c1-15-10-11-19-20(24-15)23-14-26(21(19)25-18-8-3-2-4-9-18)27-13-16-6-5-7-17(22)12-16/h2-12,14-15,21,24-25H,13H2,1H3. The van der Waals surface area contributed by atoms with E-state index in [1.54, 1.807) is 17.5 Å². The molecule has 0 saturated carbocycles. The zero-order valence-corrected chi connectivity index (χ0v) is 15.0. The van der Waals surface area contributed by atoms with E-state index in [9.17, 15) is 4.39 Å². The highest BCUT2D eigenvalue weighted by atomic mass is 19.1. The van der Waals surface area contributed by atoms with Crippen LogP contribution in [-0.2, 0) is 11.4 Å². The Morgan fingerprint density at radius 3 is 2.85 bits per heavy atom. The van der Waals surface area contributed by atoms with Gasteiger partial charge in [0, 0.05) is 17.3 Å². The molecule has 0 aliphatic carbocycles. The van der Waals surface area contributed by atoms with Crippen LogP contribution in [-0.4, -0.2) is 23.6 Å². The number of aliphatic imine (C=N–C) groups is 1. The van der Waals surface area contributed by atoms with Gasteiger partial charge in [-0.15, -0.1) is 0 Å². The second-order valence-electron chi connectivity index (χ2n) is 6.52. The third-order valence-electron chi connectivity index (χ3n) is 4.40. The smallest absolute Gasteiger partial charge is 0.155 e. The maximum absolute atomic E-state index is 13.4. The summed E-state index contributed by atoms with van der Waals surface area (Å²) in [6.07, 6.45) is 5.54. The number of halogens is 1. The van der Waals surface area contributed by atoms with Crippen molar-refractivity contribution in [2.24, 2.45) is 4.99 Å². The maximum atomic E-state index is 13.4. The molecule has 2 aromatic rings. The van der Waals surface area contributed by atoms with Crippen molar-refractivity contribution < 1.29 is 9.23 Å². The number of hydrogen-bond acceptors (Lipinski definition) is 5. The summed E-state index contributed by atoms with van der Waals surface area (Å²) in [6, 6.07) is 16.5. The molecule has 0 radical (unpaired) electrons. The van der Waals surface area contributed by atoms with Gasteiger partial charge in [0.1, 0.15) is 24.6 Å². The summed E-state index contributed by atoms with van der Waals surface area (Å²) in [5, 5.41) is 8.50. The van der Waals surface area contributed by atoms with Gasteiger partial charge in [0.25, 0.3) is 0 Å². The van der Waals surface area contributed by atoms with Gasteiger partial charge in [0.2, 0.25) is 0 Å². The molecule has 0 bridgehead atoms. The van der Waals surface area contributed by atoms with E-state index in [1.807, 2.05) is 36.4 Å². The lowest BCUT2D eigenvalue weighted by molar-refractivity contribution is -0.121. The van der Waals surface area contributed by atoms with E-state index in [0.29, 0.717) is 0 Å². The molecule has 5 nitrogen and oxygen atoms in total. The topological polar surface area (TPSA) is 48.9 Å². The molecule has 2 aliphatic heterocycles. The molecule has 2 heterocycles. The Bertz CT molecular complexity index is 894. The average Bonchev–Trinajstić information content (AvgIpc) is 2.68. The summed E-state index contributed by atoms with van der Waals surface area (Å²) < 4.78 is 13.4. The van der Waals surface area contributed by atoms with Crippen LogP contribution in [0.5, 0.6) is 0 Å². The molecule has 2 N–H and O–H groups in total. The van der Waals surface area contributed by atoms with E-state index in [1.165, 1.54) is 12.1 Å². The molecule has 2 aromatic carbocycles. The summed E-state index contributed by atoms with van der Waals surface area (Å²) in [5.74, 6) is 0.546. The molecular formula is C21H21FN4O. The number of benzene rings is 2. The van der Waals surface area contributed by atoms with Crippen LogP contribution in [0, 0.1) is 5.82 Å². The Labute approximate surface area is 157 Å². The second-order valence-corrected chi connectivity index (χ2v) is 6.52. The van der Waals surface area contributed by atoms with Crippen molar-refractivity contribution in [1.82, 2.24) is 10.4 Å². The van der Waals surface area contributed by atoms with Crippen LogP contribution in [0.4, 0.5) is 10.1 Å². The Morgan fingerprint density at radius 2 is 2.04 bits per heavy atom. The van der Waals surface area contributed by atoms with Crippen molar-refractivity contribution in [2.45, 2.75) is 25.7 Å². The van der Waals surface area contributed by atoms with Gasteiger partial charge in [-0.25, -0.2) is 14.4 Å². The van der Waals surface area contributed by atoms with Gasteiger partial charge in [0.15, 0.2) is 6.17 Å². The minimum Gasteiger partial charge on any atom is -0.364 e. The highest BCUT2D eigenvalue weighted by molar-refractivity contribution is 5.63. The van der Waals surface area contributed by atoms with Crippen LogP contribution in [0.15, 0.2) is 83.1 Å². The number of nitrogens with zero attached hydrogens (tertiary/aromatic N) is 2. The van der Waals surface area contributed by atoms with E-state index in [4.69, 9.17) is 4.84 Å². The molecule has 0 spiro atoms. The van der Waals surface area contributed by atoms with Crippen molar-refractivity contribution >= 4 is 12.0 Å². The number of dihydropyridines is 1. The van der Waals surface area contributed by atoms with Gasteiger partial charge in [-0.2, -0.15) is 0 Å². The van der Waals surface area contributed by atoms with E-state index < -0.39 is 0 Å². The fourth-order valence-electron chi connectivity index (χ4n) is 3.04. The molecule has 2 aliphatic rings. The molecule has 0 aromatic heterocycles. The first-order valence-electron chi connectivity index (χ1n) is 8.89. The molecule has 0 amide bonds. The van der Waals surface area contributed by atoms with Gasteiger partial charge in [-0.1, -0.05) is 42.5 Å². The van der Waals surface area contributed by atoms with Gasteiger partial charge in [-0.3, -0.25) is 4.84 Å². The first-order valence-corrected chi connectivity index (χ1v) is 8.89. The summed E-state index contributed by atoms with van der Waals surface area (Å²) in [6.45, 7) is 2.31. The molecule has 2 unspecified atom stereocenters. The van der Waals surface area contributed by atoms with E-state index in [2.05, 4.69) is 34.7 Å². The van der Waals surface area contributed by atoms with Crippen LogP contribution in [0.25, 0.3) is 0 Å². The zero-order chi connectivity index (χ0) is 18.6. The molecule has 4 rings (SSSR count). The lowest BCUT2D eigenvalue weighted by Gasteiger charge is -2.36. The Balaban J connectivity index is 1.56. The van der Waals surface area contributed by atoms with Crippen LogP contribution in [0.3, 0.4) is 0 Å². The summed E-state index contributed by atoms with van der Waals surface area (Å²) in [7, 11) is 0. The van der Waals surface area contributed by atoms with Gasteiger partial charge >= 0.3 is 0 Å². The SMILES string of the molecule is CC1C=CC2=C(N=CN(OCc3cccc(F)c3)C2Nc2ccccc2)N1. The fourth-order valence-corrected chi connectivity index (χ4v) is 3.04. The summed E-state index contributed by atoms with van der Waals surface area (Å²) >= 11 is 0. The largest absolute Gasteiger partial charge is 0.364 e. The van der Waals surface area contributed by atoms with Gasteiger partial charge in [-0.05, 0) is 36.8 Å². The van der Waals surface area contributed by atoms with Crippen molar-refractivity contribution in [3.05, 3.63) is 89.5 Å². The highest BCUT2D eigenvalue weighted by Gasteiger charge is 2.29.